The number of nitrogens with two attached hydrogens (primary N) is 1. The van der Waals surface area contributed by atoms with Crippen molar-refractivity contribution in [1.29, 1.82) is 0 Å². The van der Waals surface area contributed by atoms with Gasteiger partial charge in [-0.25, -0.2) is 0 Å². The van der Waals surface area contributed by atoms with Crippen molar-refractivity contribution < 1.29 is 9.26 Å². The largest absolute Gasteiger partial charge is 0.496 e. The molecule has 1 aromatic carbocycles. The summed E-state index contributed by atoms with van der Waals surface area (Å²) in [5, 5.41) is 4.33. The van der Waals surface area contributed by atoms with Crippen LogP contribution in [0.15, 0.2) is 16.7 Å². The first-order valence-electron chi connectivity index (χ1n) is 5.50. The van der Waals surface area contributed by atoms with E-state index in [1.165, 1.54) is 0 Å². The fraction of sp³-hybridized carbons (Fsp3) is 0.333. The van der Waals surface area contributed by atoms with Gasteiger partial charge in [0.15, 0.2) is 5.82 Å². The minimum absolute atomic E-state index is 0.192. The Morgan fingerprint density at radius 2 is 2.11 bits per heavy atom. The molecule has 0 aliphatic rings. The van der Waals surface area contributed by atoms with Crippen LogP contribution in [-0.2, 0) is 0 Å². The third kappa shape index (κ3) is 2.26. The molecule has 1 aromatic heterocycles. The number of ether oxygens (including phenoxy) is 1. The van der Waals surface area contributed by atoms with Crippen LogP contribution in [0.25, 0.3) is 11.5 Å². The van der Waals surface area contributed by atoms with Gasteiger partial charge in [0.2, 0.25) is 0 Å². The van der Waals surface area contributed by atoms with Crippen LogP contribution in [0.1, 0.15) is 25.6 Å². The van der Waals surface area contributed by atoms with E-state index in [0.29, 0.717) is 33.7 Å². The molecule has 0 amide bonds. The zero-order chi connectivity index (χ0) is 13.3. The predicted molar refractivity (Wildman–Crippen MR) is 69.8 cm³/mol. The number of rotatable bonds is 3. The molecule has 0 saturated carbocycles. The number of nitrogens with zero attached hydrogens (tertiary/aromatic N) is 2. The molecule has 0 saturated heterocycles. The van der Waals surface area contributed by atoms with Crippen molar-refractivity contribution in [3.63, 3.8) is 0 Å². The van der Waals surface area contributed by atoms with E-state index < -0.39 is 0 Å². The first-order chi connectivity index (χ1) is 8.52. The van der Waals surface area contributed by atoms with E-state index in [-0.39, 0.29) is 5.92 Å². The number of aromatic nitrogens is 2. The van der Waals surface area contributed by atoms with Gasteiger partial charge in [0.05, 0.1) is 23.4 Å². The van der Waals surface area contributed by atoms with Crippen molar-refractivity contribution >= 4 is 17.3 Å². The Morgan fingerprint density at radius 3 is 2.67 bits per heavy atom. The third-order valence-corrected chi connectivity index (χ3v) is 2.83. The molecule has 2 aromatic rings. The molecule has 0 atom stereocenters. The number of hydrogen-bond acceptors (Lipinski definition) is 5. The van der Waals surface area contributed by atoms with Gasteiger partial charge in [-0.05, 0) is 6.07 Å². The Hall–Kier alpha value is -1.75. The SMILES string of the molecule is COc1cc(N)c(Cl)cc1-c1nc(C(C)C)no1. The van der Waals surface area contributed by atoms with Crippen LogP contribution in [0.3, 0.4) is 0 Å². The highest BCUT2D eigenvalue weighted by atomic mass is 35.5. The molecule has 0 radical (unpaired) electrons. The Balaban J connectivity index is 2.51. The van der Waals surface area contributed by atoms with Gasteiger partial charge in [-0.1, -0.05) is 30.6 Å². The molecule has 2 rings (SSSR count). The molecule has 0 aliphatic carbocycles. The molecule has 6 heteroatoms. The van der Waals surface area contributed by atoms with Gasteiger partial charge < -0.3 is 15.0 Å². The van der Waals surface area contributed by atoms with Crippen molar-refractivity contribution in [2.75, 3.05) is 12.8 Å². The zero-order valence-electron chi connectivity index (χ0n) is 10.4. The first kappa shape index (κ1) is 12.7. The van der Waals surface area contributed by atoms with Crippen LogP contribution in [0, 0.1) is 0 Å². The summed E-state index contributed by atoms with van der Waals surface area (Å²) in [6, 6.07) is 3.30. The quantitative estimate of drug-likeness (QED) is 0.865. The number of methoxy groups -OCH3 is 1. The van der Waals surface area contributed by atoms with Crippen LogP contribution in [0.4, 0.5) is 5.69 Å². The number of halogens is 1. The van der Waals surface area contributed by atoms with Crippen molar-refractivity contribution in [1.82, 2.24) is 10.1 Å². The summed E-state index contributed by atoms with van der Waals surface area (Å²) in [5.74, 6) is 1.76. The molecule has 0 aliphatic heterocycles. The van der Waals surface area contributed by atoms with Crippen LogP contribution in [0.5, 0.6) is 5.75 Å². The molecule has 0 spiro atoms. The highest BCUT2D eigenvalue weighted by molar-refractivity contribution is 6.33. The minimum atomic E-state index is 0.192. The van der Waals surface area contributed by atoms with Gasteiger partial charge in [-0.2, -0.15) is 4.98 Å². The smallest absolute Gasteiger partial charge is 0.261 e. The normalized spacial score (nSPS) is 10.9. The Morgan fingerprint density at radius 1 is 1.39 bits per heavy atom. The summed E-state index contributed by atoms with van der Waals surface area (Å²) < 4.78 is 10.4. The van der Waals surface area contributed by atoms with Crippen LogP contribution < -0.4 is 10.5 Å². The summed E-state index contributed by atoms with van der Waals surface area (Å²) in [5.41, 5.74) is 6.80. The molecule has 18 heavy (non-hydrogen) atoms. The number of anilines is 1. The lowest BCUT2D eigenvalue weighted by Crippen LogP contribution is -1.94. The van der Waals surface area contributed by atoms with Gasteiger partial charge in [-0.15, -0.1) is 0 Å². The lowest BCUT2D eigenvalue weighted by Gasteiger charge is -2.07. The lowest BCUT2D eigenvalue weighted by atomic mass is 10.1. The van der Waals surface area contributed by atoms with Crippen LogP contribution >= 0.6 is 11.6 Å². The van der Waals surface area contributed by atoms with E-state index in [0.717, 1.165) is 0 Å². The zero-order valence-corrected chi connectivity index (χ0v) is 11.2. The van der Waals surface area contributed by atoms with E-state index in [1.54, 1.807) is 19.2 Å². The molecule has 96 valence electrons. The second-order valence-corrected chi connectivity index (χ2v) is 4.59. The number of benzene rings is 1. The Bertz CT molecular complexity index is 566. The predicted octanol–water partition coefficient (Wildman–Crippen LogP) is 3.10. The Labute approximate surface area is 110 Å². The number of nitrogen functional groups attached to an aromatic ring is 1. The average molecular weight is 268 g/mol. The molecule has 0 bridgehead atoms. The van der Waals surface area contributed by atoms with Crippen molar-refractivity contribution in [3.8, 4) is 17.2 Å². The molecule has 5 nitrogen and oxygen atoms in total. The highest BCUT2D eigenvalue weighted by Crippen LogP contribution is 2.35. The maximum Gasteiger partial charge on any atom is 0.261 e. The first-order valence-corrected chi connectivity index (χ1v) is 5.87. The van der Waals surface area contributed by atoms with Crippen molar-refractivity contribution in [3.05, 3.63) is 23.0 Å². The van der Waals surface area contributed by atoms with Gasteiger partial charge in [0.25, 0.3) is 5.89 Å². The summed E-state index contributed by atoms with van der Waals surface area (Å²) in [4.78, 5) is 4.30. The van der Waals surface area contributed by atoms with Crippen molar-refractivity contribution in [2.24, 2.45) is 0 Å². The second-order valence-electron chi connectivity index (χ2n) is 4.19. The van der Waals surface area contributed by atoms with E-state index in [4.69, 9.17) is 26.6 Å². The summed E-state index contributed by atoms with van der Waals surface area (Å²) in [6.07, 6.45) is 0. The minimum Gasteiger partial charge on any atom is -0.496 e. The van der Waals surface area contributed by atoms with Crippen molar-refractivity contribution in [2.45, 2.75) is 19.8 Å². The average Bonchev–Trinajstić information content (AvgIpc) is 2.81. The fourth-order valence-electron chi connectivity index (χ4n) is 1.48. The van der Waals surface area contributed by atoms with Crippen LogP contribution in [0.2, 0.25) is 5.02 Å². The molecular formula is C12H14ClN3O2. The fourth-order valence-corrected chi connectivity index (χ4v) is 1.65. The second kappa shape index (κ2) is 4.86. The maximum absolute atomic E-state index is 5.99. The number of hydrogen-bond donors (Lipinski definition) is 1. The monoisotopic (exact) mass is 267 g/mol. The standard InChI is InChI=1S/C12H14ClN3O2/c1-6(2)11-15-12(18-16-11)7-4-8(13)9(14)5-10(7)17-3/h4-6H,14H2,1-3H3. The Kier molecular flexibility index (Phi) is 3.43. The molecule has 2 N–H and O–H groups in total. The third-order valence-electron chi connectivity index (χ3n) is 2.51. The highest BCUT2D eigenvalue weighted by Gasteiger charge is 2.17. The van der Waals surface area contributed by atoms with E-state index >= 15 is 0 Å². The van der Waals surface area contributed by atoms with Gasteiger partial charge in [0.1, 0.15) is 5.75 Å². The van der Waals surface area contributed by atoms with E-state index in [1.807, 2.05) is 13.8 Å². The van der Waals surface area contributed by atoms with E-state index in [2.05, 4.69) is 10.1 Å². The van der Waals surface area contributed by atoms with Gasteiger partial charge in [-0.3, -0.25) is 0 Å². The summed E-state index contributed by atoms with van der Waals surface area (Å²) >= 11 is 5.99. The summed E-state index contributed by atoms with van der Waals surface area (Å²) in [6.45, 7) is 3.98. The summed E-state index contributed by atoms with van der Waals surface area (Å²) in [7, 11) is 1.55. The maximum atomic E-state index is 5.99. The molecule has 1 heterocycles. The molecular weight excluding hydrogens is 254 g/mol. The van der Waals surface area contributed by atoms with Gasteiger partial charge in [0, 0.05) is 12.0 Å². The van der Waals surface area contributed by atoms with E-state index in [9.17, 15) is 0 Å². The topological polar surface area (TPSA) is 74.2 Å². The van der Waals surface area contributed by atoms with Gasteiger partial charge >= 0.3 is 0 Å². The molecule has 0 fully saturated rings. The van der Waals surface area contributed by atoms with Crippen LogP contribution in [-0.4, -0.2) is 17.3 Å². The molecule has 0 unspecified atom stereocenters. The lowest BCUT2D eigenvalue weighted by molar-refractivity contribution is 0.402.